The Hall–Kier alpha value is -1.46. The molecule has 3 aliphatic rings. The number of nitrogens with zero attached hydrogens (tertiary/aromatic N) is 1. The van der Waals surface area contributed by atoms with E-state index in [1.54, 1.807) is 6.07 Å². The van der Waals surface area contributed by atoms with Crippen molar-refractivity contribution in [1.29, 1.82) is 0 Å². The van der Waals surface area contributed by atoms with Crippen LogP contribution in [0.3, 0.4) is 0 Å². The predicted molar refractivity (Wildman–Crippen MR) is 132 cm³/mol. The molecule has 2 heterocycles. The quantitative estimate of drug-likeness (QED) is 0.559. The van der Waals surface area contributed by atoms with Crippen molar-refractivity contribution >= 4 is 11.6 Å². The molecule has 5 heteroatoms. The Bertz CT molecular complexity index is 919. The molecule has 0 radical (unpaired) electrons. The van der Waals surface area contributed by atoms with Crippen LogP contribution in [0.25, 0.3) is 0 Å². The minimum Gasteiger partial charge on any atom is -0.326 e. The minimum absolute atomic E-state index is 0.0510. The van der Waals surface area contributed by atoms with Gasteiger partial charge in [0.1, 0.15) is 5.82 Å². The lowest BCUT2D eigenvalue weighted by Crippen LogP contribution is -2.42. The second-order valence-corrected chi connectivity index (χ2v) is 10.9. The predicted octanol–water partition coefficient (Wildman–Crippen LogP) is 5.43. The van der Waals surface area contributed by atoms with Crippen molar-refractivity contribution < 1.29 is 4.39 Å². The number of nitrogens with two attached hydrogens (primary N) is 1. The fraction of sp³-hybridized carbons (Fsp3) is 0.556. The number of rotatable bonds is 6. The van der Waals surface area contributed by atoms with Gasteiger partial charge in [-0.15, -0.1) is 0 Å². The second kappa shape index (κ2) is 9.80. The molecule has 0 aromatic heterocycles. The lowest BCUT2D eigenvalue weighted by atomic mass is 9.74. The molecule has 1 saturated heterocycles. The average molecular weight is 458 g/mol. The third-order valence-corrected chi connectivity index (χ3v) is 7.89. The first-order valence-electron chi connectivity index (χ1n) is 12.0. The molecule has 1 fully saturated rings. The summed E-state index contributed by atoms with van der Waals surface area (Å²) in [5.41, 5.74) is 10.3. The van der Waals surface area contributed by atoms with Gasteiger partial charge in [0.05, 0.1) is 5.02 Å². The van der Waals surface area contributed by atoms with Crippen LogP contribution in [0.15, 0.2) is 53.6 Å². The van der Waals surface area contributed by atoms with E-state index in [9.17, 15) is 4.39 Å². The molecule has 32 heavy (non-hydrogen) atoms. The number of allylic oxidation sites excluding steroid dienone is 2. The molecular weight excluding hydrogens is 421 g/mol. The van der Waals surface area contributed by atoms with Crippen LogP contribution in [0, 0.1) is 17.2 Å². The Morgan fingerprint density at radius 2 is 2.09 bits per heavy atom. The lowest BCUT2D eigenvalue weighted by molar-refractivity contribution is 0.272. The van der Waals surface area contributed by atoms with Crippen molar-refractivity contribution in [2.24, 2.45) is 17.1 Å². The molecule has 3 N–H and O–H groups in total. The van der Waals surface area contributed by atoms with Gasteiger partial charge in [0, 0.05) is 44.2 Å². The summed E-state index contributed by atoms with van der Waals surface area (Å²) in [6, 6.07) is 5.25. The van der Waals surface area contributed by atoms with E-state index in [0.717, 1.165) is 38.9 Å². The molecule has 4 unspecified atom stereocenters. The summed E-state index contributed by atoms with van der Waals surface area (Å²) < 4.78 is 14.6. The monoisotopic (exact) mass is 457 g/mol. The zero-order chi connectivity index (χ0) is 22.9. The van der Waals surface area contributed by atoms with E-state index >= 15 is 0 Å². The van der Waals surface area contributed by atoms with Gasteiger partial charge in [-0.25, -0.2) is 4.39 Å². The highest BCUT2D eigenvalue weighted by Crippen LogP contribution is 2.39. The molecule has 174 valence electrons. The van der Waals surface area contributed by atoms with Crippen LogP contribution in [0.4, 0.5) is 4.39 Å². The first-order valence-corrected chi connectivity index (χ1v) is 12.3. The average Bonchev–Trinajstić information content (AvgIpc) is 3.11. The van der Waals surface area contributed by atoms with Gasteiger partial charge in [-0.1, -0.05) is 74.4 Å². The van der Waals surface area contributed by atoms with E-state index in [2.05, 4.69) is 55.3 Å². The van der Waals surface area contributed by atoms with Crippen LogP contribution in [-0.4, -0.2) is 43.2 Å². The molecule has 1 aromatic carbocycles. The van der Waals surface area contributed by atoms with Crippen LogP contribution in [0.5, 0.6) is 0 Å². The SMILES string of the molecule is CC1C=CC(CN2CC=C(C(C)(C)CC3NCC(c4cccc(Cl)c4F)C3N)CC2)=CC1. The maximum atomic E-state index is 14.6. The van der Waals surface area contributed by atoms with Gasteiger partial charge in [0.25, 0.3) is 0 Å². The standard InChI is InChI=1S/C27H37ClFN3/c1-18-7-9-19(10-8-18)17-32-13-11-20(12-14-32)27(2,3)15-24-26(30)22(16-31-24)21-5-4-6-23(28)25(21)29/h4-7,9-11,18,22,24,26,31H,8,12-17,30H2,1-3H3. The maximum absolute atomic E-state index is 14.6. The third kappa shape index (κ3) is 5.20. The van der Waals surface area contributed by atoms with Gasteiger partial charge in [0.2, 0.25) is 0 Å². The normalized spacial score (nSPS) is 29.2. The molecule has 2 aliphatic heterocycles. The zero-order valence-corrected chi connectivity index (χ0v) is 20.3. The van der Waals surface area contributed by atoms with Crippen molar-refractivity contribution in [3.05, 3.63) is 70.1 Å². The highest BCUT2D eigenvalue weighted by Gasteiger charge is 2.39. The van der Waals surface area contributed by atoms with Crippen molar-refractivity contribution in [3.63, 3.8) is 0 Å². The summed E-state index contributed by atoms with van der Waals surface area (Å²) >= 11 is 6.01. The fourth-order valence-corrected chi connectivity index (χ4v) is 5.64. The van der Waals surface area contributed by atoms with Crippen LogP contribution in [-0.2, 0) is 0 Å². The summed E-state index contributed by atoms with van der Waals surface area (Å²) in [6.45, 7) is 10.7. The van der Waals surface area contributed by atoms with E-state index in [1.165, 1.54) is 11.1 Å². The van der Waals surface area contributed by atoms with E-state index in [0.29, 0.717) is 18.0 Å². The number of hydrogen-bond acceptors (Lipinski definition) is 3. The number of benzene rings is 1. The molecule has 0 spiro atoms. The summed E-state index contributed by atoms with van der Waals surface area (Å²) in [7, 11) is 0. The summed E-state index contributed by atoms with van der Waals surface area (Å²) in [5.74, 6) is 0.284. The lowest BCUT2D eigenvalue weighted by Gasteiger charge is -2.37. The Kier molecular flexibility index (Phi) is 7.26. The topological polar surface area (TPSA) is 41.3 Å². The Labute approximate surface area is 197 Å². The van der Waals surface area contributed by atoms with Gasteiger partial charge in [-0.3, -0.25) is 4.90 Å². The maximum Gasteiger partial charge on any atom is 0.145 e. The molecule has 1 aromatic rings. The largest absolute Gasteiger partial charge is 0.326 e. The van der Waals surface area contributed by atoms with Crippen LogP contribution < -0.4 is 11.1 Å². The van der Waals surface area contributed by atoms with Crippen molar-refractivity contribution in [1.82, 2.24) is 10.2 Å². The van der Waals surface area contributed by atoms with Gasteiger partial charge < -0.3 is 11.1 Å². The first kappa shape index (κ1) is 23.7. The van der Waals surface area contributed by atoms with Crippen LogP contribution in [0.2, 0.25) is 5.02 Å². The number of halogens is 2. The van der Waals surface area contributed by atoms with E-state index in [-0.39, 0.29) is 34.3 Å². The van der Waals surface area contributed by atoms with E-state index in [4.69, 9.17) is 17.3 Å². The highest BCUT2D eigenvalue weighted by molar-refractivity contribution is 6.30. The van der Waals surface area contributed by atoms with Crippen molar-refractivity contribution in [2.45, 2.75) is 58.0 Å². The first-order chi connectivity index (χ1) is 15.2. The Morgan fingerprint density at radius 3 is 2.78 bits per heavy atom. The molecule has 4 atom stereocenters. The molecule has 4 rings (SSSR count). The fourth-order valence-electron chi connectivity index (χ4n) is 5.46. The second-order valence-electron chi connectivity index (χ2n) is 10.5. The molecule has 0 saturated carbocycles. The van der Waals surface area contributed by atoms with Gasteiger partial charge in [-0.05, 0) is 47.8 Å². The van der Waals surface area contributed by atoms with Gasteiger partial charge >= 0.3 is 0 Å². The third-order valence-electron chi connectivity index (χ3n) is 7.60. The van der Waals surface area contributed by atoms with Crippen molar-refractivity contribution in [3.8, 4) is 0 Å². The minimum atomic E-state index is -0.330. The van der Waals surface area contributed by atoms with Crippen molar-refractivity contribution in [2.75, 3.05) is 26.2 Å². The van der Waals surface area contributed by atoms with Gasteiger partial charge in [-0.2, -0.15) is 0 Å². The Morgan fingerprint density at radius 1 is 1.28 bits per heavy atom. The summed E-state index contributed by atoms with van der Waals surface area (Å²) in [5, 5.41) is 3.75. The molecule has 0 bridgehead atoms. The number of nitrogens with one attached hydrogen (secondary N) is 1. The smallest absolute Gasteiger partial charge is 0.145 e. The molecule has 0 amide bonds. The zero-order valence-electron chi connectivity index (χ0n) is 19.6. The molecular formula is C27H37ClFN3. The molecule has 3 nitrogen and oxygen atoms in total. The van der Waals surface area contributed by atoms with Gasteiger partial charge in [0.15, 0.2) is 0 Å². The number of hydrogen-bond donors (Lipinski definition) is 2. The summed E-state index contributed by atoms with van der Waals surface area (Å²) in [6.07, 6.45) is 12.6. The van der Waals surface area contributed by atoms with E-state index in [1.807, 2.05) is 12.1 Å². The highest BCUT2D eigenvalue weighted by atomic mass is 35.5. The van der Waals surface area contributed by atoms with Crippen LogP contribution in [0.1, 0.15) is 51.5 Å². The Balaban J connectivity index is 1.35. The molecule has 1 aliphatic carbocycles. The van der Waals surface area contributed by atoms with Crippen LogP contribution >= 0.6 is 11.6 Å². The van der Waals surface area contributed by atoms with E-state index < -0.39 is 0 Å². The summed E-state index contributed by atoms with van der Waals surface area (Å²) in [4.78, 5) is 2.53.